The highest BCUT2D eigenvalue weighted by Crippen LogP contribution is 2.24. The molecule has 1 aromatic heterocycles. The lowest BCUT2D eigenvalue weighted by Gasteiger charge is -2.38. The Morgan fingerprint density at radius 3 is 2.44 bits per heavy atom. The van der Waals surface area contributed by atoms with Crippen LogP contribution in [0.15, 0.2) is 12.4 Å². The van der Waals surface area contributed by atoms with Crippen LogP contribution in [0, 0.1) is 0 Å². The van der Waals surface area contributed by atoms with Crippen molar-refractivity contribution in [1.82, 2.24) is 9.97 Å². The molecule has 0 aliphatic heterocycles. The number of carbonyl (C=O) groups excluding carboxylic acids is 1. The number of ether oxygens (including phenoxy) is 1. The largest absolute Gasteiger partial charge is 0.464 e. The molecular formula is C12H19N3O3. The zero-order chi connectivity index (χ0) is 14.0. The number of anilines is 1. The van der Waals surface area contributed by atoms with Crippen molar-refractivity contribution < 1.29 is 14.6 Å². The van der Waals surface area contributed by atoms with Gasteiger partial charge < -0.3 is 15.2 Å². The summed E-state index contributed by atoms with van der Waals surface area (Å²) in [6.07, 6.45) is 2.81. The zero-order valence-corrected chi connectivity index (χ0v) is 11.3. The number of hydrogen-bond acceptors (Lipinski definition) is 6. The first-order chi connectivity index (χ1) is 8.17. The molecule has 0 saturated carbocycles. The van der Waals surface area contributed by atoms with E-state index in [9.17, 15) is 9.90 Å². The first-order valence-corrected chi connectivity index (χ1v) is 5.58. The van der Waals surface area contributed by atoms with Gasteiger partial charge in [-0.05, 0) is 27.7 Å². The second-order valence-corrected chi connectivity index (χ2v) is 5.09. The summed E-state index contributed by atoms with van der Waals surface area (Å²) in [6, 6.07) is 0. The van der Waals surface area contributed by atoms with Crippen molar-refractivity contribution in [3.8, 4) is 0 Å². The topological polar surface area (TPSA) is 84.3 Å². The Kier molecular flexibility index (Phi) is 3.91. The van der Waals surface area contributed by atoms with E-state index in [1.165, 1.54) is 19.5 Å². The maximum absolute atomic E-state index is 11.3. The third-order valence-corrected chi connectivity index (χ3v) is 3.00. The van der Waals surface area contributed by atoms with Gasteiger partial charge in [0.15, 0.2) is 5.69 Å². The number of aliphatic hydroxyl groups is 1. The smallest absolute Gasteiger partial charge is 0.358 e. The van der Waals surface area contributed by atoms with Gasteiger partial charge in [-0.1, -0.05) is 0 Å². The van der Waals surface area contributed by atoms with Crippen molar-refractivity contribution in [3.63, 3.8) is 0 Å². The third-order valence-electron chi connectivity index (χ3n) is 3.00. The lowest BCUT2D eigenvalue weighted by Crippen LogP contribution is -2.51. The van der Waals surface area contributed by atoms with E-state index in [1.807, 2.05) is 13.8 Å². The summed E-state index contributed by atoms with van der Waals surface area (Å²) in [4.78, 5) is 19.3. The Morgan fingerprint density at radius 1 is 1.33 bits per heavy atom. The predicted molar refractivity (Wildman–Crippen MR) is 67.4 cm³/mol. The molecule has 1 aromatic rings. The average Bonchev–Trinajstić information content (AvgIpc) is 2.26. The van der Waals surface area contributed by atoms with Crippen LogP contribution in [-0.4, -0.2) is 39.3 Å². The first-order valence-electron chi connectivity index (χ1n) is 5.58. The molecule has 0 spiro atoms. The summed E-state index contributed by atoms with van der Waals surface area (Å²) in [7, 11) is 1.28. The van der Waals surface area contributed by atoms with Crippen LogP contribution in [0.5, 0.6) is 0 Å². The quantitative estimate of drug-likeness (QED) is 0.785. The van der Waals surface area contributed by atoms with Crippen molar-refractivity contribution in [1.29, 1.82) is 0 Å². The minimum absolute atomic E-state index is 0.119. The van der Waals surface area contributed by atoms with Crippen LogP contribution < -0.4 is 5.32 Å². The van der Waals surface area contributed by atoms with Crippen molar-refractivity contribution in [3.05, 3.63) is 18.1 Å². The molecule has 0 atom stereocenters. The molecule has 0 amide bonds. The Labute approximate surface area is 106 Å². The average molecular weight is 253 g/mol. The molecule has 2 N–H and O–H groups in total. The zero-order valence-electron chi connectivity index (χ0n) is 11.3. The molecule has 0 aliphatic rings. The maximum atomic E-state index is 11.3. The fourth-order valence-electron chi connectivity index (χ4n) is 1.10. The number of hydrogen-bond donors (Lipinski definition) is 2. The molecule has 18 heavy (non-hydrogen) atoms. The lowest BCUT2D eigenvalue weighted by molar-refractivity contribution is 0.0238. The molecule has 6 nitrogen and oxygen atoms in total. The Morgan fingerprint density at radius 2 is 1.94 bits per heavy atom. The van der Waals surface area contributed by atoms with Crippen LogP contribution in [0.2, 0.25) is 0 Å². The molecule has 0 aromatic carbocycles. The number of nitrogens with one attached hydrogen (secondary N) is 1. The number of esters is 1. The molecular weight excluding hydrogens is 234 g/mol. The van der Waals surface area contributed by atoms with Crippen molar-refractivity contribution in [2.24, 2.45) is 0 Å². The van der Waals surface area contributed by atoms with Gasteiger partial charge in [0, 0.05) is 0 Å². The van der Waals surface area contributed by atoms with E-state index in [1.54, 1.807) is 13.8 Å². The molecule has 0 bridgehead atoms. The summed E-state index contributed by atoms with van der Waals surface area (Å²) < 4.78 is 4.57. The van der Waals surface area contributed by atoms with Crippen LogP contribution >= 0.6 is 0 Å². The minimum Gasteiger partial charge on any atom is -0.464 e. The summed E-state index contributed by atoms with van der Waals surface area (Å²) in [5.41, 5.74) is -1.47. The highest BCUT2D eigenvalue weighted by Gasteiger charge is 2.35. The van der Waals surface area contributed by atoms with E-state index >= 15 is 0 Å². The summed E-state index contributed by atoms with van der Waals surface area (Å²) in [6.45, 7) is 7.05. The van der Waals surface area contributed by atoms with E-state index in [4.69, 9.17) is 0 Å². The number of carbonyl (C=O) groups is 1. The van der Waals surface area contributed by atoms with Crippen LogP contribution in [0.3, 0.4) is 0 Å². The molecule has 0 fully saturated rings. The molecule has 0 aliphatic carbocycles. The second kappa shape index (κ2) is 4.89. The molecule has 0 unspecified atom stereocenters. The van der Waals surface area contributed by atoms with Gasteiger partial charge in [-0.15, -0.1) is 0 Å². The predicted octanol–water partition coefficient (Wildman–Crippen LogP) is 1.22. The van der Waals surface area contributed by atoms with Crippen LogP contribution in [0.1, 0.15) is 38.2 Å². The summed E-state index contributed by atoms with van der Waals surface area (Å²) in [5, 5.41) is 13.1. The van der Waals surface area contributed by atoms with E-state index in [-0.39, 0.29) is 5.69 Å². The Hall–Kier alpha value is -1.69. The van der Waals surface area contributed by atoms with Gasteiger partial charge >= 0.3 is 5.97 Å². The van der Waals surface area contributed by atoms with E-state index < -0.39 is 17.1 Å². The lowest BCUT2D eigenvalue weighted by atomic mass is 9.86. The highest BCUT2D eigenvalue weighted by atomic mass is 16.5. The Balaban J connectivity index is 2.96. The minimum atomic E-state index is -0.962. The summed E-state index contributed by atoms with van der Waals surface area (Å²) in [5.74, 6) is -0.141. The first kappa shape index (κ1) is 14.4. The monoisotopic (exact) mass is 253 g/mol. The van der Waals surface area contributed by atoms with Crippen LogP contribution in [-0.2, 0) is 4.74 Å². The van der Waals surface area contributed by atoms with Crippen molar-refractivity contribution >= 4 is 11.8 Å². The second-order valence-electron chi connectivity index (χ2n) is 5.09. The number of nitrogens with zero attached hydrogens (tertiary/aromatic N) is 2. The number of methoxy groups -OCH3 is 1. The van der Waals surface area contributed by atoms with Gasteiger partial charge in [0.1, 0.15) is 5.82 Å². The Bertz CT molecular complexity index is 438. The molecule has 0 radical (unpaired) electrons. The van der Waals surface area contributed by atoms with Crippen molar-refractivity contribution in [2.75, 3.05) is 12.4 Å². The fraction of sp³-hybridized carbons (Fsp3) is 0.583. The van der Waals surface area contributed by atoms with E-state index in [0.29, 0.717) is 5.82 Å². The van der Waals surface area contributed by atoms with Gasteiger partial charge in [0.2, 0.25) is 0 Å². The molecule has 1 rings (SSSR count). The van der Waals surface area contributed by atoms with Gasteiger partial charge in [0.05, 0.1) is 30.6 Å². The van der Waals surface area contributed by atoms with Crippen LogP contribution in [0.4, 0.5) is 5.82 Å². The SMILES string of the molecule is COC(=O)c1cncc(NC(C)(C)C(C)(C)O)n1. The van der Waals surface area contributed by atoms with E-state index in [0.717, 1.165) is 0 Å². The van der Waals surface area contributed by atoms with E-state index in [2.05, 4.69) is 20.0 Å². The van der Waals surface area contributed by atoms with Gasteiger partial charge in [0.25, 0.3) is 0 Å². The van der Waals surface area contributed by atoms with Crippen molar-refractivity contribution in [2.45, 2.75) is 38.8 Å². The summed E-state index contributed by atoms with van der Waals surface area (Å²) >= 11 is 0. The number of rotatable bonds is 4. The van der Waals surface area contributed by atoms with Gasteiger partial charge in [-0.3, -0.25) is 4.98 Å². The molecule has 1 heterocycles. The number of aromatic nitrogens is 2. The molecule has 0 saturated heterocycles. The van der Waals surface area contributed by atoms with Gasteiger partial charge in [-0.2, -0.15) is 0 Å². The standard InChI is InChI=1S/C12H19N3O3/c1-11(2,12(3,4)17)15-9-7-13-6-8(14-9)10(16)18-5/h6-7,17H,1-5H3,(H,14,15). The highest BCUT2D eigenvalue weighted by molar-refractivity contribution is 5.87. The fourth-order valence-corrected chi connectivity index (χ4v) is 1.10. The third kappa shape index (κ3) is 3.16. The maximum Gasteiger partial charge on any atom is 0.358 e. The van der Waals surface area contributed by atoms with Gasteiger partial charge in [-0.25, -0.2) is 9.78 Å². The molecule has 6 heteroatoms. The van der Waals surface area contributed by atoms with Crippen LogP contribution in [0.25, 0.3) is 0 Å². The normalized spacial score (nSPS) is 12.1. The molecule has 100 valence electrons.